The molecule has 1 aliphatic heterocycles. The lowest BCUT2D eigenvalue weighted by Gasteiger charge is -2.34. The van der Waals surface area contributed by atoms with Gasteiger partial charge in [-0.2, -0.15) is 9.57 Å². The Balaban J connectivity index is 1.49. The summed E-state index contributed by atoms with van der Waals surface area (Å²) in [6, 6.07) is 14.4. The van der Waals surface area contributed by atoms with Crippen molar-refractivity contribution >= 4 is 21.8 Å². The summed E-state index contributed by atoms with van der Waals surface area (Å²) in [7, 11) is -1.94. The van der Waals surface area contributed by atoms with Gasteiger partial charge in [0.2, 0.25) is 21.8 Å². The predicted molar refractivity (Wildman–Crippen MR) is 128 cm³/mol. The van der Waals surface area contributed by atoms with E-state index in [2.05, 4.69) is 6.07 Å². The van der Waals surface area contributed by atoms with Gasteiger partial charge >= 0.3 is 0 Å². The average molecular weight is 483 g/mol. The van der Waals surface area contributed by atoms with E-state index in [-0.39, 0.29) is 37.7 Å². The summed E-state index contributed by atoms with van der Waals surface area (Å²) >= 11 is 0. The van der Waals surface area contributed by atoms with Gasteiger partial charge in [0.05, 0.1) is 16.5 Å². The summed E-state index contributed by atoms with van der Waals surface area (Å²) in [6.45, 7) is 5.10. The normalized spacial score (nSPS) is 14.5. The highest BCUT2D eigenvalue weighted by atomic mass is 32.2. The Kier molecular flexibility index (Phi) is 8.07. The second kappa shape index (κ2) is 10.8. The number of carbonyl (C=O) groups is 2. The van der Waals surface area contributed by atoms with Crippen molar-refractivity contribution in [3.63, 3.8) is 0 Å². The van der Waals surface area contributed by atoms with Gasteiger partial charge in [-0.1, -0.05) is 24.3 Å². The smallest absolute Gasteiger partial charge is 0.243 e. The van der Waals surface area contributed by atoms with Crippen LogP contribution in [0.4, 0.5) is 0 Å². The first kappa shape index (κ1) is 25.4. The number of benzene rings is 2. The summed E-state index contributed by atoms with van der Waals surface area (Å²) in [6.07, 6.45) is 0.174. The maximum Gasteiger partial charge on any atom is 0.243 e. The monoisotopic (exact) mass is 482 g/mol. The van der Waals surface area contributed by atoms with Gasteiger partial charge in [0.15, 0.2) is 0 Å². The SMILES string of the molecule is Cc1ccc(C)c(S(=O)(=O)N2CCN(C(=O)CCC(=O)N(C)Cc3ccc(C#N)cc3)CC2)c1. The van der Waals surface area contributed by atoms with E-state index in [0.717, 1.165) is 11.1 Å². The highest BCUT2D eigenvalue weighted by molar-refractivity contribution is 7.89. The summed E-state index contributed by atoms with van der Waals surface area (Å²) in [5, 5.41) is 8.87. The van der Waals surface area contributed by atoms with E-state index < -0.39 is 10.0 Å². The van der Waals surface area contributed by atoms with Crippen molar-refractivity contribution in [2.75, 3.05) is 33.2 Å². The van der Waals surface area contributed by atoms with Gasteiger partial charge in [0.25, 0.3) is 0 Å². The predicted octanol–water partition coefficient (Wildman–Crippen LogP) is 2.45. The lowest BCUT2D eigenvalue weighted by atomic mass is 10.1. The van der Waals surface area contributed by atoms with Crippen molar-refractivity contribution in [3.05, 3.63) is 64.7 Å². The summed E-state index contributed by atoms with van der Waals surface area (Å²) in [5.74, 6) is -0.294. The molecule has 9 heteroatoms. The van der Waals surface area contributed by atoms with E-state index in [0.29, 0.717) is 35.7 Å². The third-order valence-corrected chi connectivity index (χ3v) is 8.07. The summed E-state index contributed by atoms with van der Waals surface area (Å²) < 4.78 is 27.6. The van der Waals surface area contributed by atoms with Crippen LogP contribution in [0.2, 0.25) is 0 Å². The molecule has 0 saturated carbocycles. The second-order valence-corrected chi connectivity index (χ2v) is 10.5. The second-order valence-electron chi connectivity index (χ2n) is 8.61. The molecule has 0 aromatic heterocycles. The molecule has 1 aliphatic rings. The average Bonchev–Trinajstić information content (AvgIpc) is 2.84. The van der Waals surface area contributed by atoms with Gasteiger partial charge < -0.3 is 9.80 Å². The first-order valence-electron chi connectivity index (χ1n) is 11.2. The molecular weight excluding hydrogens is 452 g/mol. The summed E-state index contributed by atoms with van der Waals surface area (Å²) in [4.78, 5) is 28.6. The molecule has 1 heterocycles. The van der Waals surface area contributed by atoms with Crippen LogP contribution in [-0.2, 0) is 26.2 Å². The number of hydrogen-bond donors (Lipinski definition) is 0. The van der Waals surface area contributed by atoms with E-state index in [9.17, 15) is 18.0 Å². The quantitative estimate of drug-likeness (QED) is 0.603. The Bertz CT molecular complexity index is 1190. The number of nitriles is 1. The van der Waals surface area contributed by atoms with Crippen LogP contribution in [0.15, 0.2) is 47.4 Å². The first-order valence-corrected chi connectivity index (χ1v) is 12.6. The maximum atomic E-state index is 13.1. The molecule has 0 spiro atoms. The van der Waals surface area contributed by atoms with Crippen LogP contribution in [0.3, 0.4) is 0 Å². The number of carbonyl (C=O) groups excluding carboxylic acids is 2. The first-order chi connectivity index (χ1) is 16.1. The highest BCUT2D eigenvalue weighted by Gasteiger charge is 2.31. The number of aryl methyl sites for hydroxylation is 2. The molecule has 180 valence electrons. The molecule has 2 aromatic rings. The van der Waals surface area contributed by atoms with E-state index in [4.69, 9.17) is 5.26 Å². The van der Waals surface area contributed by atoms with Gasteiger partial charge in [0, 0.05) is 52.6 Å². The molecular formula is C25H30N4O4S. The number of sulfonamides is 1. The molecule has 0 unspecified atom stereocenters. The van der Waals surface area contributed by atoms with Crippen molar-refractivity contribution in [2.24, 2.45) is 0 Å². The molecule has 8 nitrogen and oxygen atoms in total. The minimum atomic E-state index is -3.62. The molecule has 1 fully saturated rings. The highest BCUT2D eigenvalue weighted by Crippen LogP contribution is 2.22. The van der Waals surface area contributed by atoms with Crippen LogP contribution < -0.4 is 0 Å². The molecule has 0 N–H and O–H groups in total. The van der Waals surface area contributed by atoms with E-state index in [1.807, 2.05) is 13.0 Å². The number of amides is 2. The molecule has 0 bridgehead atoms. The minimum absolute atomic E-state index is 0.0836. The lowest BCUT2D eigenvalue weighted by Crippen LogP contribution is -2.50. The van der Waals surface area contributed by atoms with Crippen LogP contribution >= 0.6 is 0 Å². The molecule has 0 radical (unpaired) electrons. The van der Waals surface area contributed by atoms with Gasteiger partial charge in [-0.3, -0.25) is 9.59 Å². The van der Waals surface area contributed by atoms with Gasteiger partial charge in [-0.25, -0.2) is 8.42 Å². The molecule has 34 heavy (non-hydrogen) atoms. The fraction of sp³-hybridized carbons (Fsp3) is 0.400. The summed E-state index contributed by atoms with van der Waals surface area (Å²) in [5.41, 5.74) is 3.05. The number of piperazine rings is 1. The zero-order valence-electron chi connectivity index (χ0n) is 19.8. The zero-order valence-corrected chi connectivity index (χ0v) is 20.6. The van der Waals surface area contributed by atoms with E-state index >= 15 is 0 Å². The molecule has 1 saturated heterocycles. The van der Waals surface area contributed by atoms with Crippen LogP contribution in [0.25, 0.3) is 0 Å². The van der Waals surface area contributed by atoms with Crippen molar-refractivity contribution in [1.82, 2.24) is 14.1 Å². The molecule has 2 amide bonds. The molecule has 2 aromatic carbocycles. The van der Waals surface area contributed by atoms with Crippen molar-refractivity contribution in [1.29, 1.82) is 5.26 Å². The fourth-order valence-corrected chi connectivity index (χ4v) is 5.64. The Morgan fingerprint density at radius 1 is 1.00 bits per heavy atom. The van der Waals surface area contributed by atoms with Crippen LogP contribution in [0.5, 0.6) is 0 Å². The van der Waals surface area contributed by atoms with Gasteiger partial charge in [-0.15, -0.1) is 0 Å². The molecule has 3 rings (SSSR count). The standard InChI is InChI=1S/C25H30N4O4S/c1-19-4-5-20(2)23(16-19)34(32,33)29-14-12-28(13-15-29)25(31)11-10-24(30)27(3)18-22-8-6-21(17-26)7-9-22/h4-9,16H,10-15,18H2,1-3H3. The Hall–Kier alpha value is -3.22. The maximum absolute atomic E-state index is 13.1. The Morgan fingerprint density at radius 3 is 2.26 bits per heavy atom. The van der Waals surface area contributed by atoms with Crippen molar-refractivity contribution in [2.45, 2.75) is 38.1 Å². The zero-order chi connectivity index (χ0) is 24.9. The van der Waals surface area contributed by atoms with E-state index in [1.54, 1.807) is 60.2 Å². The number of rotatable bonds is 7. The van der Waals surface area contributed by atoms with Gasteiger partial charge in [0.1, 0.15) is 0 Å². The number of nitrogens with zero attached hydrogens (tertiary/aromatic N) is 4. The Labute approximate surface area is 201 Å². The minimum Gasteiger partial charge on any atom is -0.341 e. The fourth-order valence-electron chi connectivity index (χ4n) is 3.91. The van der Waals surface area contributed by atoms with Crippen LogP contribution in [0, 0.1) is 25.2 Å². The van der Waals surface area contributed by atoms with Gasteiger partial charge in [-0.05, 0) is 48.7 Å². The third-order valence-electron chi connectivity index (χ3n) is 6.03. The Morgan fingerprint density at radius 2 is 1.65 bits per heavy atom. The van der Waals surface area contributed by atoms with E-state index in [1.165, 1.54) is 4.31 Å². The number of hydrogen-bond acceptors (Lipinski definition) is 5. The molecule has 0 atom stereocenters. The largest absolute Gasteiger partial charge is 0.341 e. The third kappa shape index (κ3) is 6.01. The van der Waals surface area contributed by atoms with Crippen molar-refractivity contribution in [3.8, 4) is 6.07 Å². The topological polar surface area (TPSA) is 102 Å². The van der Waals surface area contributed by atoms with Crippen LogP contribution in [-0.4, -0.2) is 67.6 Å². The van der Waals surface area contributed by atoms with Crippen LogP contribution in [0.1, 0.15) is 35.1 Å². The van der Waals surface area contributed by atoms with Crippen molar-refractivity contribution < 1.29 is 18.0 Å². The molecule has 0 aliphatic carbocycles. The lowest BCUT2D eigenvalue weighted by molar-refractivity contribution is -0.137.